The average Bonchev–Trinajstić information content (AvgIpc) is 3.28. The van der Waals surface area contributed by atoms with Gasteiger partial charge in [-0.1, -0.05) is 48.2 Å². The van der Waals surface area contributed by atoms with Crippen LogP contribution >= 0.6 is 23.1 Å². The van der Waals surface area contributed by atoms with E-state index in [4.69, 9.17) is 0 Å². The molecule has 0 saturated heterocycles. The van der Waals surface area contributed by atoms with Crippen LogP contribution in [-0.4, -0.2) is 21.7 Å². The molecule has 0 spiro atoms. The van der Waals surface area contributed by atoms with Crippen LogP contribution in [0.4, 0.5) is 11.4 Å². The summed E-state index contributed by atoms with van der Waals surface area (Å²) < 4.78 is 1.70. The second-order valence-corrected chi connectivity index (χ2v) is 10.3. The van der Waals surface area contributed by atoms with Gasteiger partial charge in [0.05, 0.1) is 20.8 Å². The fraction of sp³-hybridized carbons (Fsp3) is 0.0385. The molecule has 9 heteroatoms. The molecule has 2 amide bonds. The molecule has 0 aliphatic carbocycles. The van der Waals surface area contributed by atoms with Gasteiger partial charge in [0.15, 0.2) is 4.34 Å². The highest BCUT2D eigenvalue weighted by molar-refractivity contribution is 8.00. The summed E-state index contributed by atoms with van der Waals surface area (Å²) in [5.41, 5.74) is 3.34. The van der Waals surface area contributed by atoms with E-state index in [1.165, 1.54) is 40.1 Å². The fourth-order valence-electron chi connectivity index (χ4n) is 4.22. The molecule has 1 aromatic heterocycles. The van der Waals surface area contributed by atoms with E-state index in [0.29, 0.717) is 28.0 Å². The van der Waals surface area contributed by atoms with Crippen LogP contribution in [-0.2, 0) is 5.75 Å². The number of nitro benzene ring substituents is 1. The highest BCUT2D eigenvalue weighted by Crippen LogP contribution is 2.37. The van der Waals surface area contributed by atoms with Crippen LogP contribution in [0, 0.1) is 10.1 Å². The van der Waals surface area contributed by atoms with E-state index in [9.17, 15) is 19.7 Å². The zero-order valence-electron chi connectivity index (χ0n) is 18.0. The number of nitrogens with zero attached hydrogens (tertiary/aromatic N) is 3. The van der Waals surface area contributed by atoms with E-state index in [1.807, 2.05) is 36.4 Å². The third-order valence-corrected chi connectivity index (χ3v) is 8.12. The molecule has 1 aliphatic heterocycles. The van der Waals surface area contributed by atoms with Gasteiger partial charge in [0.1, 0.15) is 0 Å². The molecule has 0 bridgehead atoms. The molecule has 0 saturated carbocycles. The molecule has 0 unspecified atom stereocenters. The number of non-ortho nitro benzene ring substituents is 1. The fourth-order valence-corrected chi connectivity index (χ4v) is 6.27. The quantitative estimate of drug-likeness (QED) is 0.120. The molecule has 0 N–H and O–H groups in total. The van der Waals surface area contributed by atoms with Gasteiger partial charge in [-0.3, -0.25) is 19.7 Å². The Morgan fingerprint density at radius 2 is 1.60 bits per heavy atom. The summed E-state index contributed by atoms with van der Waals surface area (Å²) in [6.07, 6.45) is 0. The number of hydrogen-bond acceptors (Lipinski definition) is 7. The smallest absolute Gasteiger partial charge is 0.268 e. The van der Waals surface area contributed by atoms with Crippen LogP contribution in [0.15, 0.2) is 83.2 Å². The van der Waals surface area contributed by atoms with Crippen molar-refractivity contribution in [2.24, 2.45) is 0 Å². The minimum atomic E-state index is -0.418. The maximum Gasteiger partial charge on any atom is 0.269 e. The minimum Gasteiger partial charge on any atom is -0.268 e. The lowest BCUT2D eigenvalue weighted by Gasteiger charge is -2.27. The number of fused-ring (bicyclic) bond motifs is 1. The molecule has 5 aromatic rings. The number of nitro groups is 1. The van der Waals surface area contributed by atoms with Crippen LogP contribution in [0.2, 0.25) is 0 Å². The Bertz CT molecular complexity index is 1630. The molecule has 0 fully saturated rings. The van der Waals surface area contributed by atoms with Gasteiger partial charge >= 0.3 is 0 Å². The van der Waals surface area contributed by atoms with Crippen molar-refractivity contribution in [3.8, 4) is 0 Å². The molecule has 35 heavy (non-hydrogen) atoms. The third kappa shape index (κ3) is 3.65. The number of anilines is 1. The molecule has 6 rings (SSSR count). The number of imide groups is 1. The second kappa shape index (κ2) is 8.30. The highest BCUT2D eigenvalue weighted by atomic mass is 32.2. The molecule has 0 radical (unpaired) electrons. The summed E-state index contributed by atoms with van der Waals surface area (Å²) in [6.45, 7) is 0. The van der Waals surface area contributed by atoms with Crippen molar-refractivity contribution in [1.82, 2.24) is 4.98 Å². The monoisotopic (exact) mass is 497 g/mol. The Morgan fingerprint density at radius 3 is 2.26 bits per heavy atom. The van der Waals surface area contributed by atoms with Crippen LogP contribution in [0.5, 0.6) is 0 Å². The van der Waals surface area contributed by atoms with Crippen molar-refractivity contribution in [2.75, 3.05) is 4.90 Å². The number of thiazole rings is 1. The van der Waals surface area contributed by atoms with Gasteiger partial charge in [-0.25, -0.2) is 9.88 Å². The molecular formula is C26H15N3O4S2. The van der Waals surface area contributed by atoms with Crippen molar-refractivity contribution in [3.63, 3.8) is 0 Å². The van der Waals surface area contributed by atoms with E-state index in [-0.39, 0.29) is 17.5 Å². The Labute approximate surface area is 207 Å². The van der Waals surface area contributed by atoms with Gasteiger partial charge < -0.3 is 0 Å². The lowest BCUT2D eigenvalue weighted by Crippen LogP contribution is -2.40. The zero-order chi connectivity index (χ0) is 24.1. The summed E-state index contributed by atoms with van der Waals surface area (Å²) in [6, 6.07) is 22.8. The van der Waals surface area contributed by atoms with Crippen molar-refractivity contribution in [1.29, 1.82) is 0 Å². The predicted octanol–water partition coefficient (Wildman–Crippen LogP) is 6.45. The zero-order valence-corrected chi connectivity index (χ0v) is 19.6. The van der Waals surface area contributed by atoms with Gasteiger partial charge in [0, 0.05) is 34.4 Å². The van der Waals surface area contributed by atoms with E-state index in [0.717, 1.165) is 25.5 Å². The Morgan fingerprint density at radius 1 is 0.914 bits per heavy atom. The SMILES string of the molecule is O=C1c2cccc3cccc(c23)C(=O)N1c1ccc2nc(SCc3ccc([N+](=O)[O-])cc3)sc2c1. The normalized spacial score (nSPS) is 13.1. The third-order valence-electron chi connectivity index (χ3n) is 5.89. The van der Waals surface area contributed by atoms with Gasteiger partial charge in [0.25, 0.3) is 17.5 Å². The first kappa shape index (κ1) is 21.5. The molecule has 7 nitrogen and oxygen atoms in total. The molecule has 170 valence electrons. The average molecular weight is 498 g/mol. The van der Waals surface area contributed by atoms with E-state index < -0.39 is 4.92 Å². The maximum absolute atomic E-state index is 13.3. The Kier molecular flexibility index (Phi) is 5.09. The number of aromatic nitrogens is 1. The summed E-state index contributed by atoms with van der Waals surface area (Å²) in [5, 5.41) is 12.4. The summed E-state index contributed by atoms with van der Waals surface area (Å²) in [4.78, 5) is 43.0. The lowest BCUT2D eigenvalue weighted by atomic mass is 9.94. The number of amides is 2. The first-order valence-electron chi connectivity index (χ1n) is 10.7. The predicted molar refractivity (Wildman–Crippen MR) is 137 cm³/mol. The Hall–Kier alpha value is -4.08. The maximum atomic E-state index is 13.3. The van der Waals surface area contributed by atoms with E-state index >= 15 is 0 Å². The van der Waals surface area contributed by atoms with Crippen molar-refractivity contribution >= 4 is 67.3 Å². The number of benzene rings is 4. The van der Waals surface area contributed by atoms with Crippen molar-refractivity contribution < 1.29 is 14.5 Å². The van der Waals surface area contributed by atoms with Crippen LogP contribution in [0.25, 0.3) is 21.0 Å². The van der Waals surface area contributed by atoms with Gasteiger partial charge in [-0.2, -0.15) is 0 Å². The number of carbonyl (C=O) groups excluding carboxylic acids is 2. The Balaban J connectivity index is 1.29. The summed E-state index contributed by atoms with van der Waals surface area (Å²) in [5.74, 6) is -0.0546. The summed E-state index contributed by atoms with van der Waals surface area (Å²) in [7, 11) is 0. The molecule has 0 atom stereocenters. The van der Waals surface area contributed by atoms with E-state index in [2.05, 4.69) is 4.98 Å². The van der Waals surface area contributed by atoms with Gasteiger partial charge in [0.2, 0.25) is 0 Å². The lowest BCUT2D eigenvalue weighted by molar-refractivity contribution is -0.384. The number of hydrogen-bond donors (Lipinski definition) is 0. The largest absolute Gasteiger partial charge is 0.269 e. The van der Waals surface area contributed by atoms with Crippen LogP contribution < -0.4 is 4.90 Å². The van der Waals surface area contributed by atoms with Crippen molar-refractivity contribution in [2.45, 2.75) is 10.1 Å². The molecular weight excluding hydrogens is 482 g/mol. The molecule has 4 aromatic carbocycles. The first-order chi connectivity index (χ1) is 17.0. The molecule has 1 aliphatic rings. The topological polar surface area (TPSA) is 93.4 Å². The van der Waals surface area contributed by atoms with Gasteiger partial charge in [-0.15, -0.1) is 11.3 Å². The second-order valence-electron chi connectivity index (χ2n) is 8.00. The highest BCUT2D eigenvalue weighted by Gasteiger charge is 2.34. The molecule has 2 heterocycles. The van der Waals surface area contributed by atoms with Crippen molar-refractivity contribution in [3.05, 3.63) is 106 Å². The van der Waals surface area contributed by atoms with Crippen LogP contribution in [0.3, 0.4) is 0 Å². The van der Waals surface area contributed by atoms with Gasteiger partial charge in [-0.05, 0) is 41.3 Å². The van der Waals surface area contributed by atoms with E-state index in [1.54, 1.807) is 30.3 Å². The summed E-state index contributed by atoms with van der Waals surface area (Å²) >= 11 is 3.01. The van der Waals surface area contributed by atoms with Crippen LogP contribution in [0.1, 0.15) is 26.3 Å². The number of thioether (sulfide) groups is 1. The number of carbonyl (C=O) groups is 2. The standard InChI is InChI=1S/C26H15N3O4S2/c30-24-19-5-1-3-16-4-2-6-20(23(16)19)25(31)28(24)18-11-12-21-22(13-18)35-26(27-21)34-14-15-7-9-17(10-8-15)29(32)33/h1-13H,14H2. The number of rotatable bonds is 5. The first-order valence-corrected chi connectivity index (χ1v) is 12.5. The minimum absolute atomic E-state index is 0.0620.